The second kappa shape index (κ2) is 5.90. The van der Waals surface area contributed by atoms with Gasteiger partial charge < -0.3 is 10.2 Å². The zero-order chi connectivity index (χ0) is 14.9. The van der Waals surface area contributed by atoms with E-state index in [9.17, 15) is 4.39 Å². The zero-order valence-corrected chi connectivity index (χ0v) is 13.5. The number of nitrogens with zero attached hydrogens (tertiary/aromatic N) is 1. The highest BCUT2D eigenvalue weighted by Gasteiger charge is 2.36. The summed E-state index contributed by atoms with van der Waals surface area (Å²) < 4.78 is 14.2. The van der Waals surface area contributed by atoms with Crippen LogP contribution in [0.2, 0.25) is 5.02 Å². The number of benzene rings is 1. The van der Waals surface area contributed by atoms with Crippen LogP contribution in [0.15, 0.2) is 18.2 Å². The standard InChI is InChI=1S/C16H24ClFN2/c1-5-16(4)10-20(15(9-19-16)11(2)3)14-8-12(17)6-7-13(14)18/h6-8,11,15,19H,5,9-10H2,1-4H3. The molecule has 20 heavy (non-hydrogen) atoms. The maximum Gasteiger partial charge on any atom is 0.146 e. The number of nitrogens with one attached hydrogen (secondary N) is 1. The molecule has 0 bridgehead atoms. The quantitative estimate of drug-likeness (QED) is 0.904. The highest BCUT2D eigenvalue weighted by Crippen LogP contribution is 2.31. The Morgan fingerprint density at radius 2 is 2.20 bits per heavy atom. The lowest BCUT2D eigenvalue weighted by molar-refractivity contribution is 0.251. The van der Waals surface area contributed by atoms with Crippen molar-refractivity contribution in [1.82, 2.24) is 5.32 Å². The van der Waals surface area contributed by atoms with Gasteiger partial charge in [0.05, 0.1) is 5.69 Å². The summed E-state index contributed by atoms with van der Waals surface area (Å²) in [6, 6.07) is 5.09. The fourth-order valence-corrected chi connectivity index (χ4v) is 2.98. The third-order valence-electron chi connectivity index (χ3n) is 4.43. The third-order valence-corrected chi connectivity index (χ3v) is 4.66. The number of rotatable bonds is 3. The van der Waals surface area contributed by atoms with Gasteiger partial charge in [-0.15, -0.1) is 0 Å². The molecule has 1 heterocycles. The first-order valence-corrected chi connectivity index (χ1v) is 7.71. The fourth-order valence-electron chi connectivity index (χ4n) is 2.81. The summed E-state index contributed by atoms with van der Waals surface area (Å²) in [5, 5.41) is 4.20. The molecular formula is C16H24ClFN2. The first-order chi connectivity index (χ1) is 9.36. The molecule has 2 rings (SSSR count). The number of anilines is 1. The number of piperazine rings is 1. The molecular weight excluding hydrogens is 275 g/mol. The molecule has 1 fully saturated rings. The molecule has 2 unspecified atom stereocenters. The highest BCUT2D eigenvalue weighted by molar-refractivity contribution is 6.30. The summed E-state index contributed by atoms with van der Waals surface area (Å²) in [4.78, 5) is 2.19. The van der Waals surface area contributed by atoms with Crippen molar-refractivity contribution in [3.05, 3.63) is 29.0 Å². The van der Waals surface area contributed by atoms with E-state index >= 15 is 0 Å². The lowest BCUT2D eigenvalue weighted by Crippen LogP contribution is -2.64. The van der Waals surface area contributed by atoms with Crippen molar-refractivity contribution in [1.29, 1.82) is 0 Å². The van der Waals surface area contributed by atoms with Crippen LogP contribution in [0.1, 0.15) is 34.1 Å². The highest BCUT2D eigenvalue weighted by atomic mass is 35.5. The molecule has 1 aliphatic heterocycles. The van der Waals surface area contributed by atoms with Crippen LogP contribution in [-0.2, 0) is 0 Å². The average molecular weight is 299 g/mol. The maximum absolute atomic E-state index is 14.2. The molecule has 1 aromatic carbocycles. The molecule has 1 aromatic rings. The molecule has 1 aliphatic rings. The van der Waals surface area contributed by atoms with Crippen LogP contribution in [0.5, 0.6) is 0 Å². The van der Waals surface area contributed by atoms with Crippen LogP contribution in [0, 0.1) is 11.7 Å². The molecule has 112 valence electrons. The van der Waals surface area contributed by atoms with Gasteiger partial charge in [-0.25, -0.2) is 4.39 Å². The summed E-state index contributed by atoms with van der Waals surface area (Å²) in [6.45, 7) is 10.4. The van der Waals surface area contributed by atoms with E-state index in [2.05, 4.69) is 37.9 Å². The molecule has 0 spiro atoms. The second-order valence-electron chi connectivity index (χ2n) is 6.33. The minimum atomic E-state index is -0.194. The minimum Gasteiger partial charge on any atom is -0.363 e. The van der Waals surface area contributed by atoms with Crippen molar-refractivity contribution < 1.29 is 4.39 Å². The summed E-state index contributed by atoms with van der Waals surface area (Å²) in [5.74, 6) is 0.252. The van der Waals surface area contributed by atoms with E-state index in [1.807, 2.05) is 0 Å². The lowest BCUT2D eigenvalue weighted by Gasteiger charge is -2.48. The topological polar surface area (TPSA) is 15.3 Å². The number of halogens is 2. The third kappa shape index (κ3) is 3.09. The van der Waals surface area contributed by atoms with Crippen LogP contribution in [0.4, 0.5) is 10.1 Å². The van der Waals surface area contributed by atoms with E-state index in [4.69, 9.17) is 11.6 Å². The smallest absolute Gasteiger partial charge is 0.146 e. The molecule has 1 saturated heterocycles. The fraction of sp³-hybridized carbons (Fsp3) is 0.625. The Labute approximate surface area is 126 Å². The average Bonchev–Trinajstić information content (AvgIpc) is 2.41. The van der Waals surface area contributed by atoms with E-state index in [0.29, 0.717) is 16.6 Å². The Hall–Kier alpha value is -0.800. The molecule has 0 radical (unpaired) electrons. The van der Waals surface area contributed by atoms with Gasteiger partial charge in [0.2, 0.25) is 0 Å². The summed E-state index contributed by atoms with van der Waals surface area (Å²) >= 11 is 6.06. The SMILES string of the molecule is CCC1(C)CN(c2cc(Cl)ccc2F)C(C(C)C)CN1. The normalized spacial score (nSPS) is 27.1. The summed E-state index contributed by atoms with van der Waals surface area (Å²) in [6.07, 6.45) is 1.01. The van der Waals surface area contributed by atoms with Crippen LogP contribution in [0.25, 0.3) is 0 Å². The maximum atomic E-state index is 14.2. The van der Waals surface area contributed by atoms with Crippen molar-refractivity contribution in [2.75, 3.05) is 18.0 Å². The van der Waals surface area contributed by atoms with Crippen LogP contribution >= 0.6 is 11.6 Å². The molecule has 2 atom stereocenters. The Kier molecular flexibility index (Phi) is 4.60. The molecule has 0 amide bonds. The van der Waals surface area contributed by atoms with Gasteiger partial charge in [-0.05, 0) is 37.5 Å². The number of hydrogen-bond acceptors (Lipinski definition) is 2. The van der Waals surface area contributed by atoms with Crippen LogP contribution < -0.4 is 10.2 Å². The Bertz CT molecular complexity index is 478. The first-order valence-electron chi connectivity index (χ1n) is 7.33. The van der Waals surface area contributed by atoms with E-state index < -0.39 is 0 Å². The first kappa shape index (κ1) is 15.6. The Balaban J connectivity index is 2.39. The predicted molar refractivity (Wildman–Crippen MR) is 84.1 cm³/mol. The summed E-state index contributed by atoms with van der Waals surface area (Å²) in [7, 11) is 0. The van der Waals surface area contributed by atoms with E-state index in [0.717, 1.165) is 19.5 Å². The zero-order valence-electron chi connectivity index (χ0n) is 12.7. The van der Waals surface area contributed by atoms with Crippen molar-refractivity contribution in [3.8, 4) is 0 Å². The van der Waals surface area contributed by atoms with Gasteiger partial charge >= 0.3 is 0 Å². The van der Waals surface area contributed by atoms with Crippen LogP contribution in [-0.4, -0.2) is 24.7 Å². The van der Waals surface area contributed by atoms with Crippen LogP contribution in [0.3, 0.4) is 0 Å². The van der Waals surface area contributed by atoms with Gasteiger partial charge in [0.1, 0.15) is 5.82 Å². The molecule has 2 nitrogen and oxygen atoms in total. The van der Waals surface area contributed by atoms with Crippen molar-refractivity contribution in [3.63, 3.8) is 0 Å². The predicted octanol–water partition coefficient (Wildman–Crippen LogP) is 4.08. The van der Waals surface area contributed by atoms with Gasteiger partial charge in [-0.3, -0.25) is 0 Å². The molecule has 0 aromatic heterocycles. The monoisotopic (exact) mass is 298 g/mol. The number of hydrogen-bond donors (Lipinski definition) is 1. The Morgan fingerprint density at radius 3 is 2.80 bits per heavy atom. The van der Waals surface area contributed by atoms with Gasteiger partial charge in [0, 0.05) is 29.7 Å². The van der Waals surface area contributed by atoms with Gasteiger partial charge in [0.25, 0.3) is 0 Å². The van der Waals surface area contributed by atoms with Gasteiger partial charge in [-0.2, -0.15) is 0 Å². The second-order valence-corrected chi connectivity index (χ2v) is 6.77. The van der Waals surface area contributed by atoms with Gasteiger partial charge in [-0.1, -0.05) is 32.4 Å². The summed E-state index contributed by atoms with van der Waals surface area (Å²) in [5.41, 5.74) is 0.637. The van der Waals surface area contributed by atoms with Crippen molar-refractivity contribution >= 4 is 17.3 Å². The van der Waals surface area contributed by atoms with Crippen molar-refractivity contribution in [2.45, 2.75) is 45.7 Å². The van der Waals surface area contributed by atoms with Gasteiger partial charge in [0.15, 0.2) is 0 Å². The van der Waals surface area contributed by atoms with E-state index in [1.165, 1.54) is 6.07 Å². The molecule has 0 saturated carbocycles. The largest absolute Gasteiger partial charge is 0.363 e. The van der Waals surface area contributed by atoms with E-state index in [-0.39, 0.29) is 17.4 Å². The van der Waals surface area contributed by atoms with E-state index in [1.54, 1.807) is 12.1 Å². The minimum absolute atomic E-state index is 0.0140. The molecule has 0 aliphatic carbocycles. The van der Waals surface area contributed by atoms with Crippen molar-refractivity contribution in [2.24, 2.45) is 5.92 Å². The lowest BCUT2D eigenvalue weighted by atomic mass is 9.89. The molecule has 4 heteroatoms. The molecule has 1 N–H and O–H groups in total. The Morgan fingerprint density at radius 1 is 1.50 bits per heavy atom.